The van der Waals surface area contributed by atoms with Gasteiger partial charge in [-0.1, -0.05) is 62.4 Å². The zero-order valence-electron chi connectivity index (χ0n) is 34.0. The molecule has 0 spiro atoms. The van der Waals surface area contributed by atoms with Crippen LogP contribution in [0.25, 0.3) is 0 Å². The fourth-order valence-corrected chi connectivity index (χ4v) is 9.56. The molecule has 11 atom stereocenters. The summed E-state index contributed by atoms with van der Waals surface area (Å²) in [4.78, 5) is 69.0. The molecule has 320 valence electrons. The fraction of sp³-hybridized carbons (Fsp3) is 0.558. The van der Waals surface area contributed by atoms with E-state index in [1.165, 1.54) is 65.8 Å². The molecule has 1 heterocycles. The number of hydrogen-bond acceptors (Lipinski definition) is 15. The number of esters is 3. The first kappa shape index (κ1) is 43.9. The molecule has 3 fully saturated rings. The highest BCUT2D eigenvalue weighted by Gasteiger charge is 2.78. The van der Waals surface area contributed by atoms with Crippen molar-refractivity contribution in [2.24, 2.45) is 16.7 Å². The molecule has 1 amide bonds. The third-order valence-electron chi connectivity index (χ3n) is 12.9. The molecule has 16 nitrogen and oxygen atoms in total. The minimum absolute atomic E-state index is 0.0672. The van der Waals surface area contributed by atoms with Gasteiger partial charge in [0, 0.05) is 25.2 Å². The maximum atomic E-state index is 15.0. The number of aliphatic hydroxyl groups excluding tert-OH is 4. The van der Waals surface area contributed by atoms with E-state index >= 15 is 0 Å². The number of alkyl carbamates (subject to hydrolysis) is 1. The average molecular weight is 824 g/mol. The van der Waals surface area contributed by atoms with Crippen molar-refractivity contribution in [1.29, 1.82) is 0 Å². The average Bonchev–Trinajstić information content (AvgIpc) is 3.18. The Morgan fingerprint density at radius 2 is 1.59 bits per heavy atom. The molecule has 1 aliphatic heterocycles. The first-order chi connectivity index (χ1) is 27.6. The second kappa shape index (κ2) is 15.7. The van der Waals surface area contributed by atoms with Gasteiger partial charge in [-0.3, -0.25) is 9.59 Å². The predicted octanol–water partition coefficient (Wildman–Crippen LogP) is 2.23. The molecular formula is C43H53NO15. The van der Waals surface area contributed by atoms with Crippen molar-refractivity contribution < 1.29 is 73.2 Å². The van der Waals surface area contributed by atoms with E-state index in [4.69, 9.17) is 23.7 Å². The quantitative estimate of drug-likeness (QED) is 0.114. The molecule has 0 radical (unpaired) electrons. The monoisotopic (exact) mass is 823 g/mol. The zero-order valence-corrected chi connectivity index (χ0v) is 34.0. The van der Waals surface area contributed by atoms with Gasteiger partial charge >= 0.3 is 24.0 Å². The highest BCUT2D eigenvalue weighted by atomic mass is 16.6. The summed E-state index contributed by atoms with van der Waals surface area (Å²) in [7, 11) is 0. The number of ether oxygens (including phenoxy) is 5. The van der Waals surface area contributed by atoms with E-state index in [9.17, 15) is 49.5 Å². The van der Waals surface area contributed by atoms with Crippen molar-refractivity contribution in [1.82, 2.24) is 5.32 Å². The number of benzene rings is 2. The van der Waals surface area contributed by atoms with Crippen LogP contribution < -0.4 is 5.32 Å². The second-order valence-corrected chi connectivity index (χ2v) is 17.4. The molecule has 2 aromatic rings. The minimum atomic E-state index is -2.38. The second-order valence-electron chi connectivity index (χ2n) is 17.4. The number of fused-ring (bicyclic) bond motifs is 5. The molecule has 16 heteroatoms. The lowest BCUT2D eigenvalue weighted by Crippen LogP contribution is -2.81. The van der Waals surface area contributed by atoms with Crippen molar-refractivity contribution in [3.05, 3.63) is 82.9 Å². The molecule has 1 saturated heterocycles. The van der Waals surface area contributed by atoms with Gasteiger partial charge in [-0.25, -0.2) is 14.4 Å². The number of carbonyl (C=O) groups excluding carboxylic acids is 5. The molecule has 4 aliphatic rings. The van der Waals surface area contributed by atoms with Crippen molar-refractivity contribution in [3.8, 4) is 0 Å². The molecule has 2 bridgehead atoms. The molecule has 2 saturated carbocycles. The Balaban J connectivity index is 1.48. The Labute approximate surface area is 341 Å². The normalized spacial score (nSPS) is 33.3. The summed E-state index contributed by atoms with van der Waals surface area (Å²) in [5.74, 6) is -5.47. The predicted molar refractivity (Wildman–Crippen MR) is 205 cm³/mol. The van der Waals surface area contributed by atoms with Crippen molar-refractivity contribution in [3.63, 3.8) is 0 Å². The van der Waals surface area contributed by atoms with Gasteiger partial charge in [0.15, 0.2) is 17.5 Å². The van der Waals surface area contributed by atoms with Gasteiger partial charge in [-0.15, -0.1) is 0 Å². The van der Waals surface area contributed by atoms with Crippen molar-refractivity contribution in [2.75, 3.05) is 13.2 Å². The molecule has 2 aromatic carbocycles. The zero-order chi connectivity index (χ0) is 43.5. The Morgan fingerprint density at radius 3 is 2.15 bits per heavy atom. The number of hydrogen-bond donors (Lipinski definition) is 6. The number of Topliss-reactive ketones (excluding diaryl/α,β-unsaturated/α-hetero) is 1. The van der Waals surface area contributed by atoms with E-state index in [1.807, 2.05) is 0 Å². The van der Waals surface area contributed by atoms with Crippen LogP contribution in [0, 0.1) is 16.7 Å². The van der Waals surface area contributed by atoms with Crippen molar-refractivity contribution >= 4 is 29.8 Å². The van der Waals surface area contributed by atoms with Crippen molar-refractivity contribution in [2.45, 2.75) is 121 Å². The number of nitrogens with one attached hydrogen (secondary N) is 1. The number of aliphatic hydroxyl groups is 5. The lowest BCUT2D eigenvalue weighted by atomic mass is 9.44. The summed E-state index contributed by atoms with van der Waals surface area (Å²) >= 11 is 0. The summed E-state index contributed by atoms with van der Waals surface area (Å²) < 4.78 is 29.4. The number of carbonyl (C=O) groups is 5. The van der Waals surface area contributed by atoms with Crippen LogP contribution in [-0.4, -0.2) is 122 Å². The van der Waals surface area contributed by atoms with Crippen LogP contribution in [0.2, 0.25) is 0 Å². The molecule has 6 N–H and O–H groups in total. The first-order valence-electron chi connectivity index (χ1n) is 19.5. The van der Waals surface area contributed by atoms with E-state index in [0.717, 1.165) is 6.92 Å². The van der Waals surface area contributed by atoms with E-state index in [-0.39, 0.29) is 35.3 Å². The highest BCUT2D eigenvalue weighted by molar-refractivity contribution is 5.94. The summed E-state index contributed by atoms with van der Waals surface area (Å²) in [5, 5.41) is 61.1. The van der Waals surface area contributed by atoms with E-state index in [1.54, 1.807) is 36.4 Å². The van der Waals surface area contributed by atoms with Crippen LogP contribution in [0.5, 0.6) is 0 Å². The van der Waals surface area contributed by atoms with Gasteiger partial charge in [0.25, 0.3) is 0 Å². The summed E-state index contributed by atoms with van der Waals surface area (Å²) in [6.45, 7) is 9.14. The lowest BCUT2D eigenvalue weighted by Gasteiger charge is -2.67. The Hall–Kier alpha value is -4.71. The van der Waals surface area contributed by atoms with Crippen LogP contribution >= 0.6 is 0 Å². The molecule has 0 aromatic heterocycles. The molecule has 59 heavy (non-hydrogen) atoms. The van der Waals surface area contributed by atoms with Gasteiger partial charge in [-0.05, 0) is 56.5 Å². The minimum Gasteiger partial charge on any atom is -0.456 e. The van der Waals surface area contributed by atoms with E-state index < -0.39 is 119 Å². The fourth-order valence-electron chi connectivity index (χ4n) is 9.56. The third-order valence-corrected chi connectivity index (χ3v) is 12.9. The molecule has 3 aliphatic carbocycles. The third kappa shape index (κ3) is 7.33. The van der Waals surface area contributed by atoms with Crippen LogP contribution in [-0.2, 0) is 38.1 Å². The van der Waals surface area contributed by atoms with Crippen LogP contribution in [0.15, 0.2) is 71.8 Å². The summed E-state index contributed by atoms with van der Waals surface area (Å²) in [5.41, 5.74) is -8.74. The van der Waals surface area contributed by atoms with Crippen LogP contribution in [0.4, 0.5) is 4.79 Å². The van der Waals surface area contributed by atoms with Crippen LogP contribution in [0.3, 0.4) is 0 Å². The Bertz CT molecular complexity index is 2000. The van der Waals surface area contributed by atoms with Gasteiger partial charge in [0.1, 0.15) is 35.6 Å². The smallest absolute Gasteiger partial charge is 0.408 e. The van der Waals surface area contributed by atoms with E-state index in [2.05, 4.69) is 5.32 Å². The largest absolute Gasteiger partial charge is 0.456 e. The Kier molecular flexibility index (Phi) is 11.7. The van der Waals surface area contributed by atoms with Gasteiger partial charge in [-0.2, -0.15) is 0 Å². The highest BCUT2D eigenvalue weighted by Crippen LogP contribution is 2.64. The maximum absolute atomic E-state index is 15.0. The standard InChI is InChI=1S/C43H53NO15/c1-22-26(56-37(52)32(49)30(24-14-10-8-11-15-24)44-38(53)59-39(3,4)20-45)19-43(54)35(57-36(51)25-16-12-9-13-17-25)33-41(7,34(50)31(48)29(22)40(43,5)6)27(47)18-28-42(33,21-55-28)58-23(2)46/h8-17,26-28,30-33,35,45,47-49,54H,18-21H2,1-7H3,(H,44,53)/t26-,27-,28+,30-,31+,32+,33?,35-,41+,42-,43+/m0/s1. The van der Waals surface area contributed by atoms with Gasteiger partial charge < -0.3 is 54.5 Å². The number of amides is 1. The van der Waals surface area contributed by atoms with Crippen LogP contribution in [0.1, 0.15) is 83.3 Å². The number of rotatable bonds is 10. The SMILES string of the molecule is CC(=O)O[C@@]12CO[C@@H]1C[C@H](O)[C@@]1(C)C(=O)[C@H](O)C3=C(C)[C@@H](OC(=O)[C@H](O)[C@@H](NC(=O)OC(C)(C)CO)c4ccccc4)C[C@@](O)([C@@H](OC(=O)c4ccccc4)C12)C3(C)C. The number of ketones is 1. The lowest BCUT2D eigenvalue weighted by molar-refractivity contribution is -0.346. The maximum Gasteiger partial charge on any atom is 0.408 e. The van der Waals surface area contributed by atoms with Gasteiger partial charge in [0.05, 0.1) is 42.3 Å². The summed E-state index contributed by atoms with van der Waals surface area (Å²) in [6, 6.07) is 14.3. The van der Waals surface area contributed by atoms with E-state index in [0.29, 0.717) is 0 Å². The molecule has 6 rings (SSSR count). The molecular weight excluding hydrogens is 770 g/mol. The molecule has 1 unspecified atom stereocenters. The Morgan fingerprint density at radius 1 is 0.983 bits per heavy atom. The summed E-state index contributed by atoms with van der Waals surface area (Å²) in [6.07, 6.45) is -11.8. The topological polar surface area (TPSA) is 245 Å². The van der Waals surface area contributed by atoms with Gasteiger partial charge in [0.2, 0.25) is 0 Å². The first-order valence-corrected chi connectivity index (χ1v) is 19.5.